The number of rotatable bonds is 7. The zero-order chi connectivity index (χ0) is 26.0. The number of carbonyl (C=O) groups excluding carboxylic acids is 1. The fourth-order valence-corrected chi connectivity index (χ4v) is 4.97. The molecule has 0 aromatic heterocycles. The molecule has 12 heteroatoms. The smallest absolute Gasteiger partial charge is 0.419 e. The topological polar surface area (TPSA) is 75.7 Å². The van der Waals surface area contributed by atoms with Crippen LogP contribution in [-0.2, 0) is 21.0 Å². The maximum absolute atomic E-state index is 13.6. The monoisotopic (exact) mass is 530 g/mol. The van der Waals surface area contributed by atoms with Crippen LogP contribution in [0.2, 0.25) is 5.02 Å². The lowest BCUT2D eigenvalue weighted by Crippen LogP contribution is -2.38. The number of amides is 1. The van der Waals surface area contributed by atoms with Gasteiger partial charge in [0.2, 0.25) is 5.91 Å². The number of sulfonamides is 1. The molecule has 0 fully saturated rings. The number of benzene rings is 3. The van der Waals surface area contributed by atoms with Gasteiger partial charge in [-0.3, -0.25) is 9.10 Å². The van der Waals surface area contributed by atoms with Gasteiger partial charge >= 0.3 is 6.18 Å². The van der Waals surface area contributed by atoms with Crippen LogP contribution in [0.4, 0.5) is 28.9 Å². The van der Waals surface area contributed by atoms with E-state index in [-0.39, 0.29) is 22.0 Å². The van der Waals surface area contributed by atoms with Crippen molar-refractivity contribution in [2.45, 2.75) is 18.0 Å². The first-order chi connectivity index (χ1) is 16.3. The van der Waals surface area contributed by atoms with Gasteiger partial charge < -0.3 is 10.1 Å². The molecule has 6 nitrogen and oxygen atoms in total. The summed E-state index contributed by atoms with van der Waals surface area (Å²) < 4.78 is 85.8. The second kappa shape index (κ2) is 10.1. The van der Waals surface area contributed by atoms with Crippen LogP contribution >= 0.6 is 11.6 Å². The Kier molecular flexibility index (Phi) is 7.61. The Morgan fingerprint density at radius 3 is 2.31 bits per heavy atom. The third-order valence-electron chi connectivity index (χ3n) is 4.84. The maximum atomic E-state index is 13.6. The number of methoxy groups -OCH3 is 1. The Morgan fingerprint density at radius 2 is 1.71 bits per heavy atom. The summed E-state index contributed by atoms with van der Waals surface area (Å²) in [7, 11) is -3.11. The largest absolute Gasteiger partial charge is 0.495 e. The first-order valence-electron chi connectivity index (χ1n) is 9.92. The van der Waals surface area contributed by atoms with Crippen molar-refractivity contribution in [3.05, 3.63) is 82.6 Å². The molecule has 0 saturated heterocycles. The Bertz CT molecular complexity index is 1350. The van der Waals surface area contributed by atoms with Gasteiger partial charge in [0.1, 0.15) is 23.0 Å². The second-order valence-corrected chi connectivity index (χ2v) is 9.65. The standard InChI is InChI=1S/C23H19ClF4N2O4S/c1-14-3-10-20(34-2)21(11-14)35(32,33)30(17-7-4-15(24)5-8-17)13-22(31)29-16-6-9-19(25)18(12-16)23(26,27)28/h3-12H,13H2,1-2H3,(H,29,31). The van der Waals surface area contributed by atoms with Crippen LogP contribution in [0.25, 0.3) is 0 Å². The molecule has 0 aliphatic rings. The van der Waals surface area contributed by atoms with E-state index in [1.807, 2.05) is 0 Å². The highest BCUT2D eigenvalue weighted by Gasteiger charge is 2.35. The van der Waals surface area contributed by atoms with E-state index in [1.54, 1.807) is 13.0 Å². The number of aryl methyl sites for hydroxylation is 1. The number of hydrogen-bond donors (Lipinski definition) is 1. The number of nitrogens with zero attached hydrogens (tertiary/aromatic N) is 1. The van der Waals surface area contributed by atoms with E-state index in [9.17, 15) is 30.8 Å². The molecule has 1 N–H and O–H groups in total. The second-order valence-electron chi connectivity index (χ2n) is 7.38. The maximum Gasteiger partial charge on any atom is 0.419 e. The summed E-state index contributed by atoms with van der Waals surface area (Å²) in [5.41, 5.74) is -1.24. The molecule has 0 heterocycles. The molecule has 3 aromatic rings. The normalized spacial score (nSPS) is 11.7. The first-order valence-corrected chi connectivity index (χ1v) is 11.7. The molecule has 0 atom stereocenters. The van der Waals surface area contributed by atoms with Crippen molar-refractivity contribution in [3.8, 4) is 5.75 Å². The van der Waals surface area contributed by atoms with Crippen LogP contribution < -0.4 is 14.4 Å². The highest BCUT2D eigenvalue weighted by atomic mass is 35.5. The van der Waals surface area contributed by atoms with Crippen LogP contribution in [0, 0.1) is 12.7 Å². The minimum atomic E-state index is -4.98. The summed E-state index contributed by atoms with van der Waals surface area (Å²) in [6.07, 6.45) is -4.98. The fourth-order valence-electron chi connectivity index (χ4n) is 3.18. The number of alkyl halides is 3. The predicted molar refractivity (Wildman–Crippen MR) is 124 cm³/mol. The van der Waals surface area contributed by atoms with Gasteiger partial charge in [-0.15, -0.1) is 0 Å². The number of ether oxygens (including phenoxy) is 1. The highest BCUT2D eigenvalue weighted by molar-refractivity contribution is 7.93. The molecular weight excluding hydrogens is 512 g/mol. The quantitative estimate of drug-likeness (QED) is 0.401. The SMILES string of the molecule is COc1ccc(C)cc1S(=O)(=O)N(CC(=O)Nc1ccc(F)c(C(F)(F)F)c1)c1ccc(Cl)cc1. The zero-order valence-electron chi connectivity index (χ0n) is 18.4. The predicted octanol–water partition coefficient (Wildman–Crippen LogP) is 5.65. The number of carbonyl (C=O) groups is 1. The molecule has 0 aliphatic carbocycles. The minimum Gasteiger partial charge on any atom is -0.495 e. The van der Waals surface area contributed by atoms with Crippen LogP contribution in [-0.4, -0.2) is 28.0 Å². The van der Waals surface area contributed by atoms with Gasteiger partial charge in [0.15, 0.2) is 0 Å². The molecule has 3 aromatic carbocycles. The average Bonchev–Trinajstić information content (AvgIpc) is 2.78. The Morgan fingerprint density at radius 1 is 1.06 bits per heavy atom. The lowest BCUT2D eigenvalue weighted by atomic mass is 10.2. The molecule has 0 radical (unpaired) electrons. The summed E-state index contributed by atoms with van der Waals surface area (Å²) in [5, 5.41) is 2.50. The highest BCUT2D eigenvalue weighted by Crippen LogP contribution is 2.34. The third-order valence-corrected chi connectivity index (χ3v) is 6.89. The summed E-state index contributed by atoms with van der Waals surface area (Å²) in [5.74, 6) is -2.44. The Labute approximate surface area is 204 Å². The number of nitrogens with one attached hydrogen (secondary N) is 1. The van der Waals surface area contributed by atoms with E-state index in [0.717, 1.165) is 10.4 Å². The Balaban J connectivity index is 2.00. The van der Waals surface area contributed by atoms with E-state index < -0.39 is 40.0 Å². The van der Waals surface area contributed by atoms with Gasteiger partial charge in [0.25, 0.3) is 10.0 Å². The van der Waals surface area contributed by atoms with Gasteiger partial charge in [-0.05, 0) is 67.1 Å². The lowest BCUT2D eigenvalue weighted by molar-refractivity contribution is -0.140. The van der Waals surface area contributed by atoms with Gasteiger partial charge in [-0.1, -0.05) is 17.7 Å². The van der Waals surface area contributed by atoms with Crippen molar-refractivity contribution in [1.29, 1.82) is 0 Å². The molecule has 0 bridgehead atoms. The fraction of sp³-hybridized carbons (Fsp3) is 0.174. The summed E-state index contributed by atoms with van der Waals surface area (Å²) >= 11 is 5.90. The van der Waals surface area contributed by atoms with Gasteiger partial charge in [-0.25, -0.2) is 12.8 Å². The van der Waals surface area contributed by atoms with E-state index in [2.05, 4.69) is 5.32 Å². The van der Waals surface area contributed by atoms with E-state index in [0.29, 0.717) is 22.7 Å². The third kappa shape index (κ3) is 6.04. The molecule has 0 spiro atoms. The van der Waals surface area contributed by atoms with Gasteiger partial charge in [-0.2, -0.15) is 13.2 Å². The number of halogens is 5. The van der Waals surface area contributed by atoms with Crippen molar-refractivity contribution < 1.29 is 35.5 Å². The molecular formula is C23H19ClF4N2O4S. The van der Waals surface area contributed by atoms with Crippen molar-refractivity contribution >= 4 is 38.9 Å². The van der Waals surface area contributed by atoms with E-state index in [1.165, 1.54) is 43.5 Å². The van der Waals surface area contributed by atoms with Gasteiger partial charge in [0, 0.05) is 10.7 Å². The van der Waals surface area contributed by atoms with Crippen molar-refractivity contribution in [2.24, 2.45) is 0 Å². The van der Waals surface area contributed by atoms with E-state index >= 15 is 0 Å². The molecule has 186 valence electrons. The summed E-state index contributed by atoms with van der Waals surface area (Å²) in [6.45, 7) is 0.865. The van der Waals surface area contributed by atoms with E-state index in [4.69, 9.17) is 16.3 Å². The summed E-state index contributed by atoms with van der Waals surface area (Å²) in [4.78, 5) is 12.5. The number of hydrogen-bond acceptors (Lipinski definition) is 4. The zero-order valence-corrected chi connectivity index (χ0v) is 19.9. The Hall–Kier alpha value is -3.31. The average molecular weight is 531 g/mol. The molecule has 0 aliphatic heterocycles. The molecule has 35 heavy (non-hydrogen) atoms. The van der Waals surface area contributed by atoms with Crippen LogP contribution in [0.3, 0.4) is 0 Å². The van der Waals surface area contributed by atoms with Crippen molar-refractivity contribution in [2.75, 3.05) is 23.3 Å². The first kappa shape index (κ1) is 26.3. The van der Waals surface area contributed by atoms with Crippen molar-refractivity contribution in [3.63, 3.8) is 0 Å². The van der Waals surface area contributed by atoms with Crippen LogP contribution in [0.15, 0.2) is 65.6 Å². The number of anilines is 2. The molecule has 0 unspecified atom stereocenters. The molecule has 0 saturated carbocycles. The molecule has 1 amide bonds. The minimum absolute atomic E-state index is 0.0309. The van der Waals surface area contributed by atoms with Crippen LogP contribution in [0.1, 0.15) is 11.1 Å². The summed E-state index contributed by atoms with van der Waals surface area (Å²) in [6, 6.07) is 12.0. The lowest BCUT2D eigenvalue weighted by Gasteiger charge is -2.25. The van der Waals surface area contributed by atoms with Gasteiger partial charge in [0.05, 0.1) is 18.4 Å². The van der Waals surface area contributed by atoms with Crippen molar-refractivity contribution in [1.82, 2.24) is 0 Å². The van der Waals surface area contributed by atoms with Crippen LogP contribution in [0.5, 0.6) is 5.75 Å². The molecule has 3 rings (SSSR count).